The number of amides is 1. The van der Waals surface area contributed by atoms with Gasteiger partial charge < -0.3 is 5.32 Å². The summed E-state index contributed by atoms with van der Waals surface area (Å²) in [4.78, 5) is 20.3. The first-order valence-corrected chi connectivity index (χ1v) is 6.95. The van der Waals surface area contributed by atoms with Gasteiger partial charge in [0.25, 0.3) is 5.91 Å². The SMILES string of the molecule is O=C(NCc1ccc(Cl)cc1)c1cc(C2CC2)ncn1. The van der Waals surface area contributed by atoms with Crippen LogP contribution in [0.3, 0.4) is 0 Å². The van der Waals surface area contributed by atoms with Gasteiger partial charge in [-0.15, -0.1) is 0 Å². The van der Waals surface area contributed by atoms with Gasteiger partial charge in [0.1, 0.15) is 12.0 Å². The molecule has 4 nitrogen and oxygen atoms in total. The number of nitrogens with zero attached hydrogens (tertiary/aromatic N) is 2. The number of rotatable bonds is 4. The van der Waals surface area contributed by atoms with Crippen LogP contribution in [0.15, 0.2) is 36.7 Å². The number of aromatic nitrogens is 2. The molecule has 1 aliphatic rings. The van der Waals surface area contributed by atoms with Crippen molar-refractivity contribution >= 4 is 17.5 Å². The molecule has 2 aromatic rings. The minimum absolute atomic E-state index is 0.177. The van der Waals surface area contributed by atoms with Crippen molar-refractivity contribution in [3.63, 3.8) is 0 Å². The molecule has 1 aromatic carbocycles. The Morgan fingerprint density at radius 2 is 2.00 bits per heavy atom. The van der Waals surface area contributed by atoms with E-state index in [9.17, 15) is 4.79 Å². The van der Waals surface area contributed by atoms with E-state index < -0.39 is 0 Å². The zero-order valence-electron chi connectivity index (χ0n) is 10.8. The predicted octanol–water partition coefficient (Wildman–Crippen LogP) is 2.94. The summed E-state index contributed by atoms with van der Waals surface area (Å²) in [5.41, 5.74) is 2.40. The molecule has 102 valence electrons. The summed E-state index contributed by atoms with van der Waals surface area (Å²) in [5.74, 6) is 0.338. The molecule has 0 spiro atoms. The average molecular weight is 288 g/mol. The van der Waals surface area contributed by atoms with Crippen molar-refractivity contribution in [3.05, 3.63) is 58.6 Å². The van der Waals surface area contributed by atoms with Crippen molar-refractivity contribution < 1.29 is 4.79 Å². The fraction of sp³-hybridized carbons (Fsp3) is 0.267. The number of hydrogen-bond acceptors (Lipinski definition) is 3. The number of carbonyl (C=O) groups excluding carboxylic acids is 1. The molecule has 1 saturated carbocycles. The molecule has 20 heavy (non-hydrogen) atoms. The molecule has 0 aliphatic heterocycles. The first-order valence-electron chi connectivity index (χ1n) is 6.57. The molecule has 3 rings (SSSR count). The maximum atomic E-state index is 12.1. The van der Waals surface area contributed by atoms with Gasteiger partial charge in [0, 0.05) is 23.2 Å². The summed E-state index contributed by atoms with van der Waals surface area (Å²) in [6.07, 6.45) is 3.77. The lowest BCUT2D eigenvalue weighted by Crippen LogP contribution is -2.24. The fourth-order valence-electron chi connectivity index (χ4n) is 1.97. The van der Waals surface area contributed by atoms with Crippen LogP contribution in [0.4, 0.5) is 0 Å². The van der Waals surface area contributed by atoms with E-state index in [1.165, 1.54) is 6.33 Å². The lowest BCUT2D eigenvalue weighted by molar-refractivity contribution is 0.0945. The predicted molar refractivity (Wildman–Crippen MR) is 76.6 cm³/mol. The summed E-state index contributed by atoms with van der Waals surface area (Å²) in [6.45, 7) is 0.457. The van der Waals surface area contributed by atoms with Gasteiger partial charge in [-0.3, -0.25) is 4.79 Å². The van der Waals surface area contributed by atoms with Crippen molar-refractivity contribution in [2.45, 2.75) is 25.3 Å². The Hall–Kier alpha value is -1.94. The molecular weight excluding hydrogens is 274 g/mol. The van der Waals surface area contributed by atoms with Crippen molar-refractivity contribution in [1.29, 1.82) is 0 Å². The van der Waals surface area contributed by atoms with Crippen LogP contribution in [-0.4, -0.2) is 15.9 Å². The molecule has 0 bridgehead atoms. The Balaban J connectivity index is 1.63. The smallest absolute Gasteiger partial charge is 0.270 e. The summed E-state index contributed by atoms with van der Waals surface area (Å²) in [7, 11) is 0. The topological polar surface area (TPSA) is 54.9 Å². The van der Waals surface area contributed by atoms with Gasteiger partial charge in [-0.05, 0) is 36.6 Å². The lowest BCUT2D eigenvalue weighted by atomic mass is 10.2. The molecule has 5 heteroatoms. The molecule has 1 N–H and O–H groups in total. The lowest BCUT2D eigenvalue weighted by Gasteiger charge is -2.06. The molecule has 0 saturated heterocycles. The molecule has 1 aliphatic carbocycles. The van der Waals surface area contributed by atoms with Crippen LogP contribution in [0.2, 0.25) is 5.02 Å². The van der Waals surface area contributed by atoms with E-state index in [1.807, 2.05) is 12.1 Å². The second-order valence-corrected chi connectivity index (χ2v) is 5.35. The van der Waals surface area contributed by atoms with E-state index in [0.29, 0.717) is 23.2 Å². The minimum atomic E-state index is -0.177. The molecular formula is C15H14ClN3O. The van der Waals surface area contributed by atoms with Gasteiger partial charge >= 0.3 is 0 Å². The Labute approximate surface area is 122 Å². The molecule has 1 aromatic heterocycles. The number of carbonyl (C=O) groups is 1. The minimum Gasteiger partial charge on any atom is -0.347 e. The summed E-state index contributed by atoms with van der Waals surface area (Å²) >= 11 is 5.82. The van der Waals surface area contributed by atoms with Crippen LogP contribution < -0.4 is 5.32 Å². The van der Waals surface area contributed by atoms with Crippen LogP contribution in [0.1, 0.15) is 40.5 Å². The van der Waals surface area contributed by atoms with Crippen molar-refractivity contribution in [2.24, 2.45) is 0 Å². The van der Waals surface area contributed by atoms with Crippen LogP contribution in [0.5, 0.6) is 0 Å². The summed E-state index contributed by atoms with van der Waals surface area (Å²) in [6, 6.07) is 9.17. The van der Waals surface area contributed by atoms with Gasteiger partial charge in [-0.1, -0.05) is 23.7 Å². The van der Waals surface area contributed by atoms with E-state index in [4.69, 9.17) is 11.6 Å². The van der Waals surface area contributed by atoms with E-state index >= 15 is 0 Å². The monoisotopic (exact) mass is 287 g/mol. The van der Waals surface area contributed by atoms with E-state index in [-0.39, 0.29) is 5.91 Å². The molecule has 1 heterocycles. The van der Waals surface area contributed by atoms with Crippen LogP contribution in [-0.2, 0) is 6.54 Å². The van der Waals surface area contributed by atoms with Gasteiger partial charge in [0.15, 0.2) is 0 Å². The van der Waals surface area contributed by atoms with E-state index in [2.05, 4.69) is 15.3 Å². The average Bonchev–Trinajstić information content (AvgIpc) is 3.31. The zero-order chi connectivity index (χ0) is 13.9. The van der Waals surface area contributed by atoms with Crippen LogP contribution >= 0.6 is 11.6 Å². The van der Waals surface area contributed by atoms with Crippen molar-refractivity contribution in [2.75, 3.05) is 0 Å². The molecule has 0 radical (unpaired) electrons. The van der Waals surface area contributed by atoms with Gasteiger partial charge in [0.05, 0.1) is 0 Å². The third kappa shape index (κ3) is 3.14. The molecule has 0 atom stereocenters. The third-order valence-electron chi connectivity index (χ3n) is 3.28. The first kappa shape index (κ1) is 13.1. The van der Waals surface area contributed by atoms with Crippen LogP contribution in [0, 0.1) is 0 Å². The Morgan fingerprint density at radius 3 is 2.70 bits per heavy atom. The highest BCUT2D eigenvalue weighted by Crippen LogP contribution is 2.38. The second-order valence-electron chi connectivity index (χ2n) is 4.91. The fourth-order valence-corrected chi connectivity index (χ4v) is 2.10. The molecule has 1 fully saturated rings. The number of nitrogens with one attached hydrogen (secondary N) is 1. The number of halogens is 1. The normalized spacial score (nSPS) is 14.1. The Kier molecular flexibility index (Phi) is 3.65. The first-order chi connectivity index (χ1) is 9.72. The third-order valence-corrected chi connectivity index (χ3v) is 3.53. The summed E-state index contributed by atoms with van der Waals surface area (Å²) < 4.78 is 0. The highest BCUT2D eigenvalue weighted by atomic mass is 35.5. The maximum absolute atomic E-state index is 12.1. The molecule has 0 unspecified atom stereocenters. The maximum Gasteiger partial charge on any atom is 0.270 e. The molecule has 1 amide bonds. The standard InChI is InChI=1S/C15H14ClN3O/c16-12-5-1-10(2-6-12)8-17-15(20)14-7-13(11-3-4-11)18-9-19-14/h1-2,5-7,9,11H,3-4,8H2,(H,17,20). The second kappa shape index (κ2) is 5.59. The van der Waals surface area contributed by atoms with Gasteiger partial charge in [-0.2, -0.15) is 0 Å². The van der Waals surface area contributed by atoms with Gasteiger partial charge in [-0.25, -0.2) is 9.97 Å². The van der Waals surface area contributed by atoms with E-state index in [1.54, 1.807) is 18.2 Å². The quantitative estimate of drug-likeness (QED) is 0.940. The highest BCUT2D eigenvalue weighted by molar-refractivity contribution is 6.30. The Morgan fingerprint density at radius 1 is 1.25 bits per heavy atom. The number of benzene rings is 1. The van der Waals surface area contributed by atoms with Crippen molar-refractivity contribution in [1.82, 2.24) is 15.3 Å². The zero-order valence-corrected chi connectivity index (χ0v) is 11.6. The largest absolute Gasteiger partial charge is 0.347 e. The summed E-state index contributed by atoms with van der Waals surface area (Å²) in [5, 5.41) is 3.53. The van der Waals surface area contributed by atoms with E-state index in [0.717, 1.165) is 24.1 Å². The van der Waals surface area contributed by atoms with Gasteiger partial charge in [0.2, 0.25) is 0 Å². The highest BCUT2D eigenvalue weighted by Gasteiger charge is 2.25. The number of hydrogen-bond donors (Lipinski definition) is 1. The van der Waals surface area contributed by atoms with Crippen molar-refractivity contribution in [3.8, 4) is 0 Å². The van der Waals surface area contributed by atoms with Crippen LogP contribution in [0.25, 0.3) is 0 Å². The Bertz CT molecular complexity index is 623.